The molecule has 6 heteroatoms. The van der Waals surface area contributed by atoms with Gasteiger partial charge in [-0.2, -0.15) is 0 Å². The Morgan fingerprint density at radius 2 is 1.89 bits per heavy atom. The fourth-order valence-electron chi connectivity index (χ4n) is 5.67. The molecule has 3 aromatic carbocycles. The molecule has 0 saturated carbocycles. The van der Waals surface area contributed by atoms with Crippen molar-refractivity contribution in [2.24, 2.45) is 0 Å². The molecule has 4 aromatic rings. The minimum atomic E-state index is 0. The van der Waals surface area contributed by atoms with Gasteiger partial charge < -0.3 is 19.1 Å². The largest absolute Gasteiger partial charge is 0.493 e. The maximum atomic E-state index is 10.1. The van der Waals surface area contributed by atoms with Gasteiger partial charge in [0.2, 0.25) is 0 Å². The van der Waals surface area contributed by atoms with Crippen LogP contribution in [0.1, 0.15) is 41.4 Å². The van der Waals surface area contributed by atoms with E-state index in [1.54, 1.807) is 7.11 Å². The van der Waals surface area contributed by atoms with Crippen LogP contribution in [0.25, 0.3) is 15.7 Å². The highest BCUT2D eigenvalue weighted by atomic mass is 16.5. The first-order valence-corrected chi connectivity index (χ1v) is 11.9. The molecule has 0 saturated heterocycles. The fourth-order valence-corrected chi connectivity index (χ4v) is 5.67. The number of nitrogens with zero attached hydrogens (tertiary/aromatic N) is 3. The van der Waals surface area contributed by atoms with Crippen LogP contribution in [-0.2, 0) is 32.7 Å². The van der Waals surface area contributed by atoms with Crippen molar-refractivity contribution >= 4 is 16.6 Å². The van der Waals surface area contributed by atoms with Crippen LogP contribution in [0.5, 0.6) is 11.5 Å². The van der Waals surface area contributed by atoms with Gasteiger partial charge in [0.15, 0.2) is 17.2 Å². The van der Waals surface area contributed by atoms with Crippen molar-refractivity contribution in [1.29, 1.82) is 0 Å². The summed E-state index contributed by atoms with van der Waals surface area (Å²) in [5, 5.41) is 11.3. The molecule has 2 aliphatic heterocycles. The van der Waals surface area contributed by atoms with E-state index in [1.807, 2.05) is 30.3 Å². The molecular formula is C30H31N3O3. The first-order chi connectivity index (χ1) is 17.2. The first-order valence-electron chi connectivity index (χ1n) is 11.9. The third kappa shape index (κ3) is 3.91. The molecule has 2 aliphatic rings. The lowest BCUT2D eigenvalue weighted by Gasteiger charge is -2.41. The number of ether oxygens (including phenoxy) is 2. The number of fused-ring (bicyclic) bond motifs is 6. The van der Waals surface area contributed by atoms with E-state index in [2.05, 4.69) is 44.6 Å². The van der Waals surface area contributed by atoms with Gasteiger partial charge in [-0.3, -0.25) is 4.90 Å². The normalized spacial score (nSPS) is 16.3. The molecule has 0 bridgehead atoms. The zero-order valence-electron chi connectivity index (χ0n) is 19.7. The van der Waals surface area contributed by atoms with Crippen LogP contribution < -0.4 is 9.47 Å². The highest BCUT2D eigenvalue weighted by molar-refractivity contribution is 5.86. The third-order valence-electron chi connectivity index (χ3n) is 7.44. The Hall–Kier alpha value is -3.79. The predicted octanol–water partition coefficient (Wildman–Crippen LogP) is 6.02. The smallest absolute Gasteiger partial charge is 0.187 e. The molecule has 0 amide bonds. The molecule has 184 valence electrons. The minimum Gasteiger partial charge on any atom is -0.493 e. The number of aliphatic hydroxyl groups excluding tert-OH is 1. The van der Waals surface area contributed by atoms with Gasteiger partial charge in [0, 0.05) is 30.2 Å². The lowest BCUT2D eigenvalue weighted by atomic mass is 9.85. The van der Waals surface area contributed by atoms with Crippen molar-refractivity contribution in [3.8, 4) is 11.5 Å². The van der Waals surface area contributed by atoms with Gasteiger partial charge in [0.05, 0.1) is 19.2 Å². The quantitative estimate of drug-likeness (QED) is 0.354. The lowest BCUT2D eigenvalue weighted by Crippen LogP contribution is -2.39. The van der Waals surface area contributed by atoms with E-state index in [-0.39, 0.29) is 20.2 Å². The van der Waals surface area contributed by atoms with Gasteiger partial charge in [-0.25, -0.2) is 4.85 Å². The average molecular weight is 482 g/mol. The molecule has 1 aromatic heterocycles. The maximum absolute atomic E-state index is 10.1. The SMILES string of the molecule is C.[C-]#[N+]c1ccc(COc2cc3c(cc2OC)C2Cc4c(n(CO)c5ccccc45)CN2CC3)cc1. The Kier molecular flexibility index (Phi) is 6.44. The Labute approximate surface area is 212 Å². The monoisotopic (exact) mass is 481 g/mol. The first kappa shape index (κ1) is 23.9. The summed E-state index contributed by atoms with van der Waals surface area (Å²) >= 11 is 0. The Bertz CT molecular complexity index is 1450. The number of methoxy groups -OCH3 is 1. The summed E-state index contributed by atoms with van der Waals surface area (Å²) in [6.07, 6.45) is 1.85. The molecule has 6 rings (SSSR count). The van der Waals surface area contributed by atoms with Gasteiger partial charge in [-0.1, -0.05) is 49.9 Å². The number of aliphatic hydroxyl groups is 1. The molecule has 6 nitrogen and oxygen atoms in total. The molecule has 0 aliphatic carbocycles. The van der Waals surface area contributed by atoms with Gasteiger partial charge in [-0.05, 0) is 53.3 Å². The third-order valence-corrected chi connectivity index (χ3v) is 7.44. The molecule has 0 spiro atoms. The zero-order chi connectivity index (χ0) is 23.9. The summed E-state index contributed by atoms with van der Waals surface area (Å²) in [5.41, 5.74) is 7.92. The number of rotatable bonds is 5. The Morgan fingerprint density at radius 3 is 2.64 bits per heavy atom. The molecule has 3 heterocycles. The minimum absolute atomic E-state index is 0. The highest BCUT2D eigenvalue weighted by Gasteiger charge is 2.35. The van der Waals surface area contributed by atoms with Crippen molar-refractivity contribution in [2.75, 3.05) is 13.7 Å². The van der Waals surface area contributed by atoms with Crippen molar-refractivity contribution in [2.45, 2.75) is 46.2 Å². The fraction of sp³-hybridized carbons (Fsp3) is 0.300. The Balaban J connectivity index is 0.00000267. The van der Waals surface area contributed by atoms with Crippen LogP contribution >= 0.6 is 0 Å². The van der Waals surface area contributed by atoms with Crippen molar-refractivity contribution < 1.29 is 14.6 Å². The second-order valence-corrected chi connectivity index (χ2v) is 9.22. The van der Waals surface area contributed by atoms with E-state index < -0.39 is 0 Å². The van der Waals surface area contributed by atoms with E-state index in [0.717, 1.165) is 48.5 Å². The standard InChI is InChI=1S/C29H27N3O3.CH4/c1-30-21-9-7-19(8-10-21)17-35-29-13-20-11-12-31-16-27-24(14-26(31)23(20)15-28(29)34-2)22-5-3-4-6-25(22)32(27)18-33;/h3-10,13,15,26,33H,11-12,14,16-18H2,2H3;1H4. The second-order valence-electron chi connectivity index (χ2n) is 9.22. The zero-order valence-corrected chi connectivity index (χ0v) is 19.7. The number of aromatic nitrogens is 1. The molecule has 36 heavy (non-hydrogen) atoms. The predicted molar refractivity (Wildman–Crippen MR) is 141 cm³/mol. The van der Waals surface area contributed by atoms with Gasteiger partial charge in [0.1, 0.15) is 13.3 Å². The molecular weight excluding hydrogens is 450 g/mol. The van der Waals surface area contributed by atoms with E-state index in [9.17, 15) is 5.11 Å². The second kappa shape index (κ2) is 9.69. The topological polar surface area (TPSA) is 51.2 Å². The van der Waals surface area contributed by atoms with Gasteiger partial charge in [0.25, 0.3) is 0 Å². The molecule has 1 atom stereocenters. The Morgan fingerprint density at radius 1 is 1.08 bits per heavy atom. The summed E-state index contributed by atoms with van der Waals surface area (Å²) in [7, 11) is 1.69. The number of benzene rings is 3. The number of hydrogen-bond acceptors (Lipinski definition) is 4. The van der Waals surface area contributed by atoms with Crippen molar-refractivity contribution in [3.05, 3.63) is 100 Å². The van der Waals surface area contributed by atoms with Crippen LogP contribution in [-0.4, -0.2) is 28.2 Å². The van der Waals surface area contributed by atoms with Gasteiger partial charge in [-0.15, -0.1) is 0 Å². The summed E-state index contributed by atoms with van der Waals surface area (Å²) in [6, 6.07) is 20.4. The number of para-hydroxylation sites is 1. The van der Waals surface area contributed by atoms with Crippen LogP contribution in [0.2, 0.25) is 0 Å². The van der Waals surface area contributed by atoms with E-state index in [0.29, 0.717) is 12.3 Å². The summed E-state index contributed by atoms with van der Waals surface area (Å²) in [4.78, 5) is 5.97. The number of hydrogen-bond donors (Lipinski definition) is 1. The molecule has 0 radical (unpaired) electrons. The van der Waals surface area contributed by atoms with Crippen molar-refractivity contribution in [3.63, 3.8) is 0 Å². The molecule has 1 N–H and O–H groups in total. The van der Waals surface area contributed by atoms with Crippen molar-refractivity contribution in [1.82, 2.24) is 9.47 Å². The average Bonchev–Trinajstić information content (AvgIpc) is 3.22. The van der Waals surface area contributed by atoms with Crippen LogP contribution in [0.15, 0.2) is 60.7 Å². The van der Waals surface area contributed by atoms with E-state index in [4.69, 9.17) is 16.0 Å². The molecule has 1 unspecified atom stereocenters. The van der Waals surface area contributed by atoms with E-state index >= 15 is 0 Å². The maximum Gasteiger partial charge on any atom is 0.187 e. The molecule has 0 fully saturated rings. The summed E-state index contributed by atoms with van der Waals surface area (Å²) < 4.78 is 14.0. The summed E-state index contributed by atoms with van der Waals surface area (Å²) in [6.45, 7) is 9.33. The van der Waals surface area contributed by atoms with Crippen LogP contribution in [0, 0.1) is 6.57 Å². The van der Waals surface area contributed by atoms with Crippen LogP contribution in [0.4, 0.5) is 5.69 Å². The highest BCUT2D eigenvalue weighted by Crippen LogP contribution is 2.44. The summed E-state index contributed by atoms with van der Waals surface area (Å²) in [5.74, 6) is 1.49. The van der Waals surface area contributed by atoms with Crippen LogP contribution in [0.3, 0.4) is 0 Å². The van der Waals surface area contributed by atoms with Gasteiger partial charge >= 0.3 is 0 Å². The van der Waals surface area contributed by atoms with E-state index in [1.165, 1.54) is 27.8 Å². The lowest BCUT2D eigenvalue weighted by molar-refractivity contribution is 0.145.